The monoisotopic (exact) mass is 383 g/mol. The number of rotatable bonds is 4. The largest absolute Gasteiger partial charge is 0.479 e. The Morgan fingerprint density at radius 3 is 2.81 bits per heavy atom. The van der Waals surface area contributed by atoms with Crippen LogP contribution in [0.15, 0.2) is 42.9 Å². The molecule has 0 radical (unpaired) electrons. The second kappa shape index (κ2) is 6.76. The zero-order chi connectivity index (χ0) is 19.0. The predicted molar refractivity (Wildman–Crippen MR) is 100 cm³/mol. The van der Waals surface area contributed by atoms with Gasteiger partial charge in [0.05, 0.1) is 23.8 Å². The number of nitrogens with zero attached hydrogens (tertiary/aromatic N) is 4. The highest BCUT2D eigenvalue weighted by molar-refractivity contribution is 7.22. The van der Waals surface area contributed by atoms with E-state index in [1.54, 1.807) is 35.2 Å². The van der Waals surface area contributed by atoms with E-state index in [2.05, 4.69) is 20.3 Å². The number of hydrogen-bond acceptors (Lipinski definition) is 6. The Labute approximate surface area is 157 Å². The molecule has 3 heterocycles. The van der Waals surface area contributed by atoms with Gasteiger partial charge < -0.3 is 9.30 Å². The van der Waals surface area contributed by atoms with E-state index in [4.69, 9.17) is 4.74 Å². The smallest absolute Gasteiger partial charge is 0.276 e. The van der Waals surface area contributed by atoms with Crippen molar-refractivity contribution in [3.63, 3.8) is 0 Å². The van der Waals surface area contributed by atoms with Crippen LogP contribution >= 0.6 is 11.3 Å². The van der Waals surface area contributed by atoms with Crippen molar-refractivity contribution < 1.29 is 13.9 Å². The van der Waals surface area contributed by atoms with E-state index in [-0.39, 0.29) is 17.1 Å². The number of para-hydroxylation sites is 1. The highest BCUT2D eigenvalue weighted by Gasteiger charge is 2.16. The van der Waals surface area contributed by atoms with Crippen LogP contribution in [0.25, 0.3) is 15.9 Å². The van der Waals surface area contributed by atoms with Crippen molar-refractivity contribution in [3.8, 4) is 11.6 Å². The van der Waals surface area contributed by atoms with Crippen LogP contribution in [0.5, 0.6) is 5.88 Å². The third-order valence-corrected chi connectivity index (χ3v) is 4.78. The minimum Gasteiger partial charge on any atom is -0.479 e. The highest BCUT2D eigenvalue weighted by atomic mass is 32.1. The third kappa shape index (κ3) is 3.24. The number of ether oxygens (including phenoxy) is 1. The molecule has 136 valence electrons. The number of halogens is 1. The van der Waals surface area contributed by atoms with Gasteiger partial charge in [0.2, 0.25) is 5.88 Å². The van der Waals surface area contributed by atoms with E-state index >= 15 is 0 Å². The van der Waals surface area contributed by atoms with Crippen LogP contribution < -0.4 is 10.1 Å². The molecule has 0 bridgehead atoms. The van der Waals surface area contributed by atoms with E-state index in [1.165, 1.54) is 24.5 Å². The average molecular weight is 383 g/mol. The summed E-state index contributed by atoms with van der Waals surface area (Å²) < 4.78 is 21.5. The fraction of sp³-hybridized carbons (Fsp3) is 0.111. The lowest BCUT2D eigenvalue weighted by Gasteiger charge is -2.09. The molecule has 0 aliphatic carbocycles. The third-order valence-electron chi connectivity index (χ3n) is 3.85. The first kappa shape index (κ1) is 17.1. The number of thiazole rings is 1. The molecule has 1 aromatic carbocycles. The molecule has 7 nitrogen and oxygen atoms in total. The molecule has 9 heteroatoms. The standard InChI is InChI=1S/C18H14FN5O2S/c1-10-8-24(9-20-10)13-7-6-12(21-17(13)26-2)16(25)23-18-22-15-11(19)4-3-5-14(15)27-18/h3-9H,1-2H3,(H,22,23,25). The van der Waals surface area contributed by atoms with Gasteiger partial charge >= 0.3 is 0 Å². The van der Waals surface area contributed by atoms with Crippen molar-refractivity contribution in [1.82, 2.24) is 19.5 Å². The number of aromatic nitrogens is 4. The lowest BCUT2D eigenvalue weighted by molar-refractivity contribution is 0.102. The summed E-state index contributed by atoms with van der Waals surface area (Å²) in [4.78, 5) is 25.1. The molecular formula is C18H14FN5O2S. The molecule has 0 saturated heterocycles. The Kier molecular flexibility index (Phi) is 4.28. The highest BCUT2D eigenvalue weighted by Crippen LogP contribution is 2.28. The number of pyridine rings is 1. The van der Waals surface area contributed by atoms with Crippen molar-refractivity contribution in [2.45, 2.75) is 6.92 Å². The van der Waals surface area contributed by atoms with Gasteiger partial charge in [-0.25, -0.2) is 19.3 Å². The molecule has 0 atom stereocenters. The van der Waals surface area contributed by atoms with Crippen molar-refractivity contribution >= 4 is 32.6 Å². The topological polar surface area (TPSA) is 81.9 Å². The van der Waals surface area contributed by atoms with Crippen LogP contribution in [0.2, 0.25) is 0 Å². The molecule has 0 unspecified atom stereocenters. The Bertz CT molecular complexity index is 1150. The Morgan fingerprint density at radius 1 is 1.26 bits per heavy atom. The first-order valence-corrected chi connectivity index (χ1v) is 8.79. The summed E-state index contributed by atoms with van der Waals surface area (Å²) in [5.41, 5.74) is 1.90. The van der Waals surface area contributed by atoms with Gasteiger partial charge in [0, 0.05) is 6.20 Å². The van der Waals surface area contributed by atoms with Crippen molar-refractivity contribution in [3.05, 3.63) is 60.1 Å². The molecule has 3 aromatic heterocycles. The lowest BCUT2D eigenvalue weighted by Crippen LogP contribution is -2.14. The molecule has 27 heavy (non-hydrogen) atoms. The number of amides is 1. The number of aryl methyl sites for hydroxylation is 1. The minimum absolute atomic E-state index is 0.159. The second-order valence-electron chi connectivity index (χ2n) is 5.71. The second-order valence-corrected chi connectivity index (χ2v) is 6.74. The molecule has 0 aliphatic rings. The predicted octanol–water partition coefficient (Wildman–Crippen LogP) is 3.59. The maximum Gasteiger partial charge on any atom is 0.276 e. The molecule has 1 N–H and O–H groups in total. The fourth-order valence-electron chi connectivity index (χ4n) is 2.59. The number of anilines is 1. The maximum absolute atomic E-state index is 13.8. The average Bonchev–Trinajstić information content (AvgIpc) is 3.27. The molecule has 4 aromatic rings. The normalized spacial score (nSPS) is 10.9. The molecule has 0 saturated carbocycles. The van der Waals surface area contributed by atoms with E-state index in [0.29, 0.717) is 15.5 Å². The van der Waals surface area contributed by atoms with Crippen LogP contribution in [0.4, 0.5) is 9.52 Å². The van der Waals surface area contributed by atoms with Crippen LogP contribution in [-0.2, 0) is 0 Å². The first-order chi connectivity index (χ1) is 13.0. The summed E-state index contributed by atoms with van der Waals surface area (Å²) in [6, 6.07) is 7.98. The van der Waals surface area contributed by atoms with Crippen molar-refractivity contribution in [2.24, 2.45) is 0 Å². The minimum atomic E-state index is -0.457. The quantitative estimate of drug-likeness (QED) is 0.582. The van der Waals surface area contributed by atoms with E-state index in [1.807, 2.05) is 13.1 Å². The Morgan fingerprint density at radius 2 is 2.11 bits per heavy atom. The van der Waals surface area contributed by atoms with Gasteiger partial charge in [0.15, 0.2) is 5.13 Å². The van der Waals surface area contributed by atoms with Crippen LogP contribution in [0.1, 0.15) is 16.2 Å². The van der Waals surface area contributed by atoms with Gasteiger partial charge in [0.25, 0.3) is 5.91 Å². The van der Waals surface area contributed by atoms with Gasteiger partial charge in [-0.2, -0.15) is 0 Å². The van der Waals surface area contributed by atoms with Crippen molar-refractivity contribution in [2.75, 3.05) is 12.4 Å². The molecule has 0 aliphatic heterocycles. The van der Waals surface area contributed by atoms with E-state index < -0.39 is 11.7 Å². The van der Waals surface area contributed by atoms with Crippen LogP contribution in [-0.4, -0.2) is 32.5 Å². The maximum atomic E-state index is 13.8. The van der Waals surface area contributed by atoms with E-state index in [0.717, 1.165) is 5.69 Å². The SMILES string of the molecule is COc1nc(C(=O)Nc2nc3c(F)cccc3s2)ccc1-n1cnc(C)c1. The lowest BCUT2D eigenvalue weighted by atomic mass is 10.3. The number of carbonyl (C=O) groups is 1. The molecular weight excluding hydrogens is 369 g/mol. The van der Waals surface area contributed by atoms with Gasteiger partial charge in [-0.15, -0.1) is 0 Å². The number of nitrogens with one attached hydrogen (secondary N) is 1. The van der Waals surface area contributed by atoms with Gasteiger partial charge in [-0.05, 0) is 31.2 Å². The molecule has 0 spiro atoms. The van der Waals surface area contributed by atoms with Gasteiger partial charge in [-0.1, -0.05) is 17.4 Å². The first-order valence-electron chi connectivity index (χ1n) is 7.97. The summed E-state index contributed by atoms with van der Waals surface area (Å²) in [7, 11) is 1.48. The Balaban J connectivity index is 1.62. The number of fused-ring (bicyclic) bond motifs is 1. The summed E-state index contributed by atoms with van der Waals surface area (Å²) in [6.45, 7) is 1.87. The van der Waals surface area contributed by atoms with Gasteiger partial charge in [0.1, 0.15) is 22.7 Å². The van der Waals surface area contributed by atoms with Crippen LogP contribution in [0.3, 0.4) is 0 Å². The number of methoxy groups -OCH3 is 1. The summed E-state index contributed by atoms with van der Waals surface area (Å²) in [5, 5.41) is 2.96. The number of benzene rings is 1. The van der Waals surface area contributed by atoms with E-state index in [9.17, 15) is 9.18 Å². The zero-order valence-electron chi connectivity index (χ0n) is 14.4. The number of carbonyl (C=O) groups excluding carboxylic acids is 1. The number of imidazole rings is 1. The summed E-state index contributed by atoms with van der Waals surface area (Å²) in [5.74, 6) is -0.597. The van der Waals surface area contributed by atoms with Crippen LogP contribution in [0, 0.1) is 12.7 Å². The van der Waals surface area contributed by atoms with Gasteiger partial charge in [-0.3, -0.25) is 10.1 Å². The molecule has 0 fully saturated rings. The summed E-state index contributed by atoms with van der Waals surface area (Å²) in [6.07, 6.45) is 3.47. The molecule has 1 amide bonds. The number of hydrogen-bond donors (Lipinski definition) is 1. The fourth-order valence-corrected chi connectivity index (χ4v) is 3.46. The van der Waals surface area contributed by atoms with Crippen molar-refractivity contribution in [1.29, 1.82) is 0 Å². The molecule has 4 rings (SSSR count). The zero-order valence-corrected chi connectivity index (χ0v) is 15.2. The Hall–Kier alpha value is -3.33. The summed E-state index contributed by atoms with van der Waals surface area (Å²) >= 11 is 1.19.